The van der Waals surface area contributed by atoms with Gasteiger partial charge in [-0.25, -0.2) is 4.39 Å². The molecule has 0 radical (unpaired) electrons. The van der Waals surface area contributed by atoms with E-state index in [9.17, 15) is 9.18 Å². The van der Waals surface area contributed by atoms with E-state index in [4.69, 9.17) is 5.73 Å². The van der Waals surface area contributed by atoms with Gasteiger partial charge in [-0.15, -0.1) is 0 Å². The third-order valence-electron chi connectivity index (χ3n) is 3.80. The number of hydrogen-bond donors (Lipinski definition) is 2. The Morgan fingerprint density at radius 2 is 2.37 bits per heavy atom. The van der Waals surface area contributed by atoms with Crippen molar-refractivity contribution in [2.45, 2.75) is 44.7 Å². The summed E-state index contributed by atoms with van der Waals surface area (Å²) >= 11 is 0. The second kappa shape index (κ2) is 5.65. The lowest BCUT2D eigenvalue weighted by Crippen LogP contribution is -2.52. The molecule has 1 aliphatic rings. The van der Waals surface area contributed by atoms with E-state index in [1.807, 2.05) is 6.92 Å². The lowest BCUT2D eigenvalue weighted by Gasteiger charge is -2.37. The number of carbonyl (C=O) groups excluding carboxylic acids is 1. The van der Waals surface area contributed by atoms with Crippen molar-refractivity contribution in [2.24, 2.45) is 11.7 Å². The van der Waals surface area contributed by atoms with E-state index in [0.29, 0.717) is 12.2 Å². The molecule has 1 fully saturated rings. The van der Waals surface area contributed by atoms with Crippen molar-refractivity contribution in [3.63, 3.8) is 0 Å². The number of amides is 1. The Bertz CT molecular complexity index is 445. The molecule has 0 aromatic carbocycles. The molecule has 5 heteroatoms. The van der Waals surface area contributed by atoms with Gasteiger partial charge in [0.2, 0.25) is 5.91 Å². The highest BCUT2D eigenvalue weighted by atomic mass is 19.1. The van der Waals surface area contributed by atoms with E-state index in [1.54, 1.807) is 6.07 Å². The average Bonchev–Trinajstić information content (AvgIpc) is 2.37. The van der Waals surface area contributed by atoms with Gasteiger partial charge < -0.3 is 11.1 Å². The fourth-order valence-electron chi connectivity index (χ4n) is 2.60. The Labute approximate surface area is 112 Å². The summed E-state index contributed by atoms with van der Waals surface area (Å²) in [5.41, 5.74) is 6.40. The SMILES string of the molecule is CC1(N)CCCCC1C(=O)NCc1ccc(F)cn1. The third-order valence-corrected chi connectivity index (χ3v) is 3.80. The molecule has 0 saturated heterocycles. The van der Waals surface area contributed by atoms with Crippen LogP contribution in [0.25, 0.3) is 0 Å². The number of pyridine rings is 1. The summed E-state index contributed by atoms with van der Waals surface area (Å²) in [7, 11) is 0. The van der Waals surface area contributed by atoms with Crippen LogP contribution in [-0.2, 0) is 11.3 Å². The van der Waals surface area contributed by atoms with E-state index in [0.717, 1.165) is 31.9 Å². The normalized spacial score (nSPS) is 27.0. The molecule has 4 nitrogen and oxygen atoms in total. The highest BCUT2D eigenvalue weighted by Crippen LogP contribution is 2.31. The zero-order chi connectivity index (χ0) is 13.9. The van der Waals surface area contributed by atoms with Crippen molar-refractivity contribution in [1.29, 1.82) is 0 Å². The van der Waals surface area contributed by atoms with Gasteiger partial charge in [-0.3, -0.25) is 9.78 Å². The van der Waals surface area contributed by atoms with Crippen molar-refractivity contribution in [1.82, 2.24) is 10.3 Å². The highest BCUT2D eigenvalue weighted by Gasteiger charge is 2.37. The molecule has 2 unspecified atom stereocenters. The van der Waals surface area contributed by atoms with Gasteiger partial charge in [0.25, 0.3) is 0 Å². The zero-order valence-electron chi connectivity index (χ0n) is 11.2. The topological polar surface area (TPSA) is 68.0 Å². The van der Waals surface area contributed by atoms with Crippen molar-refractivity contribution >= 4 is 5.91 Å². The van der Waals surface area contributed by atoms with Crippen LogP contribution in [0.4, 0.5) is 4.39 Å². The smallest absolute Gasteiger partial charge is 0.225 e. The second-order valence-corrected chi connectivity index (χ2v) is 5.49. The second-order valence-electron chi connectivity index (χ2n) is 5.49. The lowest BCUT2D eigenvalue weighted by molar-refractivity contribution is -0.128. The Kier molecular flexibility index (Phi) is 4.14. The van der Waals surface area contributed by atoms with Crippen LogP contribution in [0.2, 0.25) is 0 Å². The summed E-state index contributed by atoms with van der Waals surface area (Å²) in [6.45, 7) is 2.25. The maximum atomic E-state index is 12.7. The third kappa shape index (κ3) is 3.50. The summed E-state index contributed by atoms with van der Waals surface area (Å²) < 4.78 is 12.7. The van der Waals surface area contributed by atoms with Crippen molar-refractivity contribution in [3.05, 3.63) is 29.8 Å². The lowest BCUT2D eigenvalue weighted by atomic mass is 9.74. The fourth-order valence-corrected chi connectivity index (χ4v) is 2.60. The molecule has 1 amide bonds. The van der Waals surface area contributed by atoms with Gasteiger partial charge in [0.1, 0.15) is 5.82 Å². The molecule has 1 aromatic rings. The predicted molar refractivity (Wildman–Crippen MR) is 70.6 cm³/mol. The first-order valence-corrected chi connectivity index (χ1v) is 6.66. The molecular weight excluding hydrogens is 245 g/mol. The minimum atomic E-state index is -0.432. The van der Waals surface area contributed by atoms with Gasteiger partial charge in [0.05, 0.1) is 24.4 Å². The average molecular weight is 265 g/mol. The van der Waals surface area contributed by atoms with Crippen molar-refractivity contribution < 1.29 is 9.18 Å². The summed E-state index contributed by atoms with van der Waals surface area (Å²) in [5.74, 6) is -0.561. The maximum absolute atomic E-state index is 12.7. The Morgan fingerprint density at radius 1 is 1.58 bits per heavy atom. The number of halogens is 1. The number of rotatable bonds is 3. The highest BCUT2D eigenvalue weighted by molar-refractivity contribution is 5.80. The Hall–Kier alpha value is -1.49. The van der Waals surface area contributed by atoms with Crippen molar-refractivity contribution in [2.75, 3.05) is 0 Å². The molecule has 1 saturated carbocycles. The van der Waals surface area contributed by atoms with E-state index >= 15 is 0 Å². The first-order chi connectivity index (χ1) is 8.99. The molecule has 104 valence electrons. The molecule has 3 N–H and O–H groups in total. The largest absolute Gasteiger partial charge is 0.350 e. The summed E-state index contributed by atoms with van der Waals surface area (Å²) in [6.07, 6.45) is 4.97. The van der Waals surface area contributed by atoms with Gasteiger partial charge >= 0.3 is 0 Å². The minimum absolute atomic E-state index is 0.0316. The molecule has 2 rings (SSSR count). The van der Waals surface area contributed by atoms with Gasteiger partial charge in [-0.05, 0) is 31.9 Å². The molecule has 1 aromatic heterocycles. The van der Waals surface area contributed by atoms with Crippen LogP contribution in [0.1, 0.15) is 38.3 Å². The Morgan fingerprint density at radius 3 is 3.00 bits per heavy atom. The van der Waals surface area contributed by atoms with E-state index in [1.165, 1.54) is 6.07 Å². The van der Waals surface area contributed by atoms with E-state index in [-0.39, 0.29) is 17.6 Å². The number of nitrogens with two attached hydrogens (primary N) is 1. The van der Waals surface area contributed by atoms with Crippen molar-refractivity contribution in [3.8, 4) is 0 Å². The molecule has 2 atom stereocenters. The number of aromatic nitrogens is 1. The molecular formula is C14H20FN3O. The summed E-state index contributed by atoms with van der Waals surface area (Å²) in [5, 5.41) is 2.84. The molecule has 0 spiro atoms. The van der Waals surface area contributed by atoms with Crippen LogP contribution < -0.4 is 11.1 Å². The van der Waals surface area contributed by atoms with Gasteiger partial charge in [0, 0.05) is 5.54 Å². The van der Waals surface area contributed by atoms with Crippen LogP contribution in [0.5, 0.6) is 0 Å². The first kappa shape index (κ1) is 13.9. The summed E-state index contributed by atoms with van der Waals surface area (Å²) in [6, 6.07) is 2.90. The molecule has 0 aliphatic heterocycles. The van der Waals surface area contributed by atoms with Gasteiger partial charge in [0.15, 0.2) is 0 Å². The molecule has 1 heterocycles. The zero-order valence-corrected chi connectivity index (χ0v) is 11.2. The maximum Gasteiger partial charge on any atom is 0.225 e. The molecule has 19 heavy (non-hydrogen) atoms. The number of hydrogen-bond acceptors (Lipinski definition) is 3. The number of nitrogens with zero attached hydrogens (tertiary/aromatic N) is 1. The van der Waals surface area contributed by atoms with Crippen LogP contribution in [-0.4, -0.2) is 16.4 Å². The monoisotopic (exact) mass is 265 g/mol. The summed E-state index contributed by atoms with van der Waals surface area (Å²) in [4.78, 5) is 16.1. The molecule has 0 bridgehead atoms. The van der Waals surface area contributed by atoms with E-state index in [2.05, 4.69) is 10.3 Å². The quantitative estimate of drug-likeness (QED) is 0.874. The van der Waals surface area contributed by atoms with Crippen LogP contribution in [0, 0.1) is 11.7 Å². The first-order valence-electron chi connectivity index (χ1n) is 6.66. The van der Waals surface area contributed by atoms with Crippen LogP contribution >= 0.6 is 0 Å². The minimum Gasteiger partial charge on any atom is -0.350 e. The van der Waals surface area contributed by atoms with Crippen LogP contribution in [0.15, 0.2) is 18.3 Å². The van der Waals surface area contributed by atoms with Gasteiger partial charge in [-0.1, -0.05) is 12.8 Å². The Balaban J connectivity index is 1.92. The number of carbonyl (C=O) groups is 1. The number of nitrogens with one attached hydrogen (secondary N) is 1. The standard InChI is InChI=1S/C14H20FN3O/c1-14(16)7-3-2-4-12(14)13(19)18-9-11-6-5-10(15)8-17-11/h5-6,8,12H,2-4,7,9,16H2,1H3,(H,18,19). The van der Waals surface area contributed by atoms with Crippen LogP contribution in [0.3, 0.4) is 0 Å². The molecule has 1 aliphatic carbocycles. The predicted octanol–water partition coefficient (Wildman–Crippen LogP) is 1.74. The van der Waals surface area contributed by atoms with Gasteiger partial charge in [-0.2, -0.15) is 0 Å². The fraction of sp³-hybridized carbons (Fsp3) is 0.571. The van der Waals surface area contributed by atoms with E-state index < -0.39 is 5.54 Å².